The van der Waals surface area contributed by atoms with E-state index in [0.717, 1.165) is 35.7 Å². The van der Waals surface area contributed by atoms with Crippen LogP contribution in [0.1, 0.15) is 29.7 Å². The second kappa shape index (κ2) is 7.06. The van der Waals surface area contributed by atoms with Crippen molar-refractivity contribution in [3.8, 4) is 0 Å². The van der Waals surface area contributed by atoms with Crippen molar-refractivity contribution >= 4 is 32.5 Å². The van der Waals surface area contributed by atoms with Crippen molar-refractivity contribution in [1.29, 1.82) is 0 Å². The van der Waals surface area contributed by atoms with Crippen molar-refractivity contribution in [3.05, 3.63) is 64.3 Å². The average Bonchev–Trinajstić information content (AvgIpc) is 3.01. The van der Waals surface area contributed by atoms with Crippen molar-refractivity contribution < 1.29 is 8.42 Å². The minimum Gasteiger partial charge on any atom is -0.358 e. The van der Waals surface area contributed by atoms with Gasteiger partial charge in [-0.15, -0.1) is 0 Å². The van der Waals surface area contributed by atoms with Gasteiger partial charge in [-0.25, -0.2) is 13.1 Å². The highest BCUT2D eigenvalue weighted by atomic mass is 35.5. The smallest absolute Gasteiger partial charge is 0.240 e. The number of aryl methyl sites for hydroxylation is 2. The number of sulfonamides is 1. The molecule has 0 amide bonds. The summed E-state index contributed by atoms with van der Waals surface area (Å²) in [6.45, 7) is 0.354. The third-order valence-corrected chi connectivity index (χ3v) is 6.71. The molecule has 1 heterocycles. The first-order chi connectivity index (χ1) is 12.5. The topological polar surface area (TPSA) is 62.0 Å². The van der Waals surface area contributed by atoms with Gasteiger partial charge in [0.15, 0.2) is 0 Å². The van der Waals surface area contributed by atoms with Crippen LogP contribution in [0.5, 0.6) is 0 Å². The summed E-state index contributed by atoms with van der Waals surface area (Å²) in [5, 5.41) is 1.72. The number of aromatic amines is 1. The molecule has 26 heavy (non-hydrogen) atoms. The fraction of sp³-hybridized carbons (Fsp3) is 0.300. The Labute approximate surface area is 158 Å². The summed E-state index contributed by atoms with van der Waals surface area (Å²) in [6, 6.07) is 12.8. The largest absolute Gasteiger partial charge is 0.358 e. The predicted octanol–water partition coefficient (Wildman–Crippen LogP) is 4.22. The van der Waals surface area contributed by atoms with Gasteiger partial charge in [0.05, 0.1) is 4.90 Å². The molecule has 1 aliphatic rings. The first kappa shape index (κ1) is 17.6. The zero-order chi connectivity index (χ0) is 18.1. The van der Waals surface area contributed by atoms with Crippen molar-refractivity contribution in [2.45, 2.75) is 37.0 Å². The molecule has 1 aromatic heterocycles. The molecule has 6 heteroatoms. The Kier molecular flexibility index (Phi) is 4.78. The first-order valence-corrected chi connectivity index (χ1v) is 10.8. The molecular formula is C20H21ClN2O2S. The molecule has 136 valence electrons. The lowest BCUT2D eigenvalue weighted by molar-refractivity contribution is 0.582. The zero-order valence-electron chi connectivity index (χ0n) is 14.4. The molecule has 0 saturated carbocycles. The van der Waals surface area contributed by atoms with Crippen LogP contribution in [0.25, 0.3) is 10.9 Å². The van der Waals surface area contributed by atoms with Gasteiger partial charge in [-0.2, -0.15) is 0 Å². The summed E-state index contributed by atoms with van der Waals surface area (Å²) in [4.78, 5) is 3.77. The Morgan fingerprint density at radius 2 is 1.81 bits per heavy atom. The van der Waals surface area contributed by atoms with Gasteiger partial charge in [0.25, 0.3) is 0 Å². The van der Waals surface area contributed by atoms with Crippen molar-refractivity contribution in [1.82, 2.24) is 9.71 Å². The molecule has 0 bridgehead atoms. The van der Waals surface area contributed by atoms with E-state index in [0.29, 0.717) is 22.9 Å². The number of halogens is 1. The van der Waals surface area contributed by atoms with E-state index in [1.165, 1.54) is 17.7 Å². The van der Waals surface area contributed by atoms with Crippen molar-refractivity contribution in [2.24, 2.45) is 0 Å². The van der Waals surface area contributed by atoms with Gasteiger partial charge in [-0.05, 0) is 73.6 Å². The Balaban J connectivity index is 1.52. The standard InChI is InChI=1S/C20H21ClN2O2S/c21-15-7-5-14(6-8-15)11-12-22-26(24,25)16-9-10-20-18(13-16)17-3-1-2-4-19(17)23-20/h5-10,13,22-23H,1-4,11-12H2. The van der Waals surface area contributed by atoms with Crippen LogP contribution in [0.3, 0.4) is 0 Å². The average molecular weight is 389 g/mol. The predicted molar refractivity (Wildman–Crippen MR) is 105 cm³/mol. The molecule has 1 aliphatic carbocycles. The van der Waals surface area contributed by atoms with E-state index >= 15 is 0 Å². The maximum atomic E-state index is 12.7. The number of hydrogen-bond acceptors (Lipinski definition) is 2. The van der Waals surface area contributed by atoms with E-state index < -0.39 is 10.0 Å². The van der Waals surface area contributed by atoms with E-state index in [9.17, 15) is 8.42 Å². The van der Waals surface area contributed by atoms with Gasteiger partial charge in [0.2, 0.25) is 10.0 Å². The Morgan fingerprint density at radius 1 is 1.04 bits per heavy atom. The highest BCUT2D eigenvalue weighted by Gasteiger charge is 2.19. The molecule has 0 saturated heterocycles. The fourth-order valence-electron chi connectivity index (χ4n) is 3.62. The third-order valence-electron chi connectivity index (χ3n) is 5.00. The molecule has 0 spiro atoms. The van der Waals surface area contributed by atoms with E-state index in [-0.39, 0.29) is 0 Å². The molecule has 0 aliphatic heterocycles. The van der Waals surface area contributed by atoms with Gasteiger partial charge < -0.3 is 4.98 Å². The van der Waals surface area contributed by atoms with Gasteiger partial charge in [0.1, 0.15) is 0 Å². The molecule has 0 unspecified atom stereocenters. The van der Waals surface area contributed by atoms with Crippen LogP contribution in [0.4, 0.5) is 0 Å². The van der Waals surface area contributed by atoms with Gasteiger partial charge in [-0.1, -0.05) is 23.7 Å². The van der Waals surface area contributed by atoms with E-state index in [1.54, 1.807) is 12.1 Å². The molecule has 2 N–H and O–H groups in total. The van der Waals surface area contributed by atoms with Gasteiger partial charge >= 0.3 is 0 Å². The minimum atomic E-state index is -3.52. The molecule has 3 aromatic rings. The van der Waals surface area contributed by atoms with Gasteiger partial charge in [-0.3, -0.25) is 0 Å². The number of H-pyrrole nitrogens is 1. The lowest BCUT2D eigenvalue weighted by Gasteiger charge is -2.11. The summed E-state index contributed by atoms with van der Waals surface area (Å²) in [7, 11) is -3.52. The maximum absolute atomic E-state index is 12.7. The number of rotatable bonds is 5. The molecule has 4 nitrogen and oxygen atoms in total. The summed E-state index contributed by atoms with van der Waals surface area (Å²) in [5.41, 5.74) is 4.62. The number of hydrogen-bond donors (Lipinski definition) is 2. The third kappa shape index (κ3) is 3.52. The van der Waals surface area contributed by atoms with Crippen LogP contribution in [0, 0.1) is 0 Å². The maximum Gasteiger partial charge on any atom is 0.240 e. The molecule has 0 radical (unpaired) electrons. The molecule has 0 fully saturated rings. The number of benzene rings is 2. The van der Waals surface area contributed by atoms with Crippen molar-refractivity contribution in [2.75, 3.05) is 6.54 Å². The molecular weight excluding hydrogens is 368 g/mol. The lowest BCUT2D eigenvalue weighted by Crippen LogP contribution is -2.26. The zero-order valence-corrected chi connectivity index (χ0v) is 16.0. The summed E-state index contributed by atoms with van der Waals surface area (Å²) < 4.78 is 28.0. The number of aromatic nitrogens is 1. The van der Waals surface area contributed by atoms with Crippen LogP contribution in [0.2, 0.25) is 5.02 Å². The quantitative estimate of drug-likeness (QED) is 0.687. The number of fused-ring (bicyclic) bond motifs is 3. The van der Waals surface area contributed by atoms with Crippen LogP contribution in [-0.4, -0.2) is 19.9 Å². The molecule has 2 aromatic carbocycles. The summed E-state index contributed by atoms with van der Waals surface area (Å²) in [6.07, 6.45) is 5.04. The highest BCUT2D eigenvalue weighted by Crippen LogP contribution is 2.30. The molecule has 4 rings (SSSR count). The minimum absolute atomic E-state index is 0.327. The number of nitrogens with one attached hydrogen (secondary N) is 2. The fourth-order valence-corrected chi connectivity index (χ4v) is 4.80. The summed E-state index contributed by atoms with van der Waals surface area (Å²) >= 11 is 5.87. The Morgan fingerprint density at radius 3 is 2.62 bits per heavy atom. The van der Waals surface area contributed by atoms with Crippen LogP contribution >= 0.6 is 11.6 Å². The normalized spacial score (nSPS) is 14.5. The highest BCUT2D eigenvalue weighted by molar-refractivity contribution is 7.89. The Hall–Kier alpha value is -1.82. The first-order valence-electron chi connectivity index (χ1n) is 8.90. The van der Waals surface area contributed by atoms with Crippen LogP contribution in [-0.2, 0) is 29.3 Å². The van der Waals surface area contributed by atoms with Crippen LogP contribution in [0.15, 0.2) is 47.4 Å². The van der Waals surface area contributed by atoms with E-state index in [4.69, 9.17) is 11.6 Å². The van der Waals surface area contributed by atoms with E-state index in [1.807, 2.05) is 30.3 Å². The van der Waals surface area contributed by atoms with Gasteiger partial charge in [0, 0.05) is 28.2 Å². The lowest BCUT2D eigenvalue weighted by atomic mass is 9.96. The Bertz CT molecular complexity index is 1040. The monoisotopic (exact) mass is 388 g/mol. The SMILES string of the molecule is O=S(=O)(NCCc1ccc(Cl)cc1)c1ccc2[nH]c3c(c2c1)CCCC3. The molecule has 0 atom stereocenters. The second-order valence-electron chi connectivity index (χ2n) is 6.77. The second-order valence-corrected chi connectivity index (χ2v) is 8.97. The summed E-state index contributed by atoms with van der Waals surface area (Å²) in [5.74, 6) is 0. The van der Waals surface area contributed by atoms with E-state index in [2.05, 4.69) is 9.71 Å². The van der Waals surface area contributed by atoms with Crippen LogP contribution < -0.4 is 4.72 Å². The van der Waals surface area contributed by atoms with Crippen molar-refractivity contribution in [3.63, 3.8) is 0 Å².